The van der Waals surface area contributed by atoms with Gasteiger partial charge in [-0.05, 0) is 91.9 Å². The molecule has 0 radical (unpaired) electrons. The van der Waals surface area contributed by atoms with Crippen LogP contribution < -0.4 is 10.2 Å². The summed E-state index contributed by atoms with van der Waals surface area (Å²) in [6, 6.07) is 20.1. The monoisotopic (exact) mass is 664 g/mol. The number of likely N-dealkylation sites (tertiary alicyclic amines) is 1. The van der Waals surface area contributed by atoms with Gasteiger partial charge in [0.25, 0.3) is 0 Å². The van der Waals surface area contributed by atoms with Crippen molar-refractivity contribution in [1.29, 1.82) is 0 Å². The quantitative estimate of drug-likeness (QED) is 0.232. The summed E-state index contributed by atoms with van der Waals surface area (Å²) in [5.41, 5.74) is 6.09. The zero-order chi connectivity index (χ0) is 33.3. The van der Waals surface area contributed by atoms with Gasteiger partial charge in [0, 0.05) is 79.6 Å². The normalized spacial score (nSPS) is 18.4. The highest BCUT2D eigenvalue weighted by Crippen LogP contribution is 2.36. The standard InChI is InChI=1S/C36H37FN8O2S/c1-24-20-38-34(39-21-24)26-5-10-29(11-6-26)44-15-17-45(18-16-44)32(46)22-43-14-13-36(23-43,48-2)35(47)40-28-9-12-31-30(19-28)33(42-41-31)25-3-7-27(37)8-4-25/h3-12,19-21H,13-18,22-23H2,1-2H3,(H,40,47)(H,41,42)/t36-/m0/s1. The number of nitrogens with zero attached hydrogens (tertiary/aromatic N) is 6. The Labute approximate surface area is 282 Å². The third-order valence-corrected chi connectivity index (χ3v) is 10.6. The molecule has 1 atom stereocenters. The van der Waals surface area contributed by atoms with Crippen molar-refractivity contribution >= 4 is 45.9 Å². The van der Waals surface area contributed by atoms with Crippen LogP contribution in [0.3, 0.4) is 0 Å². The molecule has 0 aliphatic carbocycles. The molecule has 2 saturated heterocycles. The Morgan fingerprint density at radius 3 is 2.35 bits per heavy atom. The van der Waals surface area contributed by atoms with E-state index in [1.165, 1.54) is 23.9 Å². The van der Waals surface area contributed by atoms with Gasteiger partial charge in [0.05, 0.1) is 17.8 Å². The van der Waals surface area contributed by atoms with Crippen molar-refractivity contribution < 1.29 is 14.0 Å². The number of aromatic amines is 1. The lowest BCUT2D eigenvalue weighted by molar-refractivity contribution is -0.132. The maximum Gasteiger partial charge on any atom is 0.241 e. The van der Waals surface area contributed by atoms with Gasteiger partial charge < -0.3 is 15.1 Å². The fraction of sp³-hybridized carbons (Fsp3) is 0.306. The van der Waals surface area contributed by atoms with Gasteiger partial charge in [0.2, 0.25) is 11.8 Å². The van der Waals surface area contributed by atoms with Crippen LogP contribution in [0.4, 0.5) is 15.8 Å². The molecular formula is C36H37FN8O2S. The zero-order valence-corrected chi connectivity index (χ0v) is 27.8. The zero-order valence-electron chi connectivity index (χ0n) is 26.9. The second kappa shape index (κ2) is 13.4. The van der Waals surface area contributed by atoms with Crippen LogP contribution in [-0.4, -0.2) is 98.6 Å². The number of carbonyl (C=O) groups excluding carboxylic acids is 2. The van der Waals surface area contributed by atoms with E-state index in [2.05, 4.69) is 47.4 Å². The molecule has 2 aliphatic heterocycles. The SMILES string of the molecule is CS[C@@]1(C(=O)Nc2ccc3[nH]nc(-c4ccc(F)cc4)c3c2)CCN(CC(=O)N2CCN(c3ccc(-c4ncc(C)cn4)cc3)CC2)C1. The largest absolute Gasteiger partial charge is 0.368 e. The lowest BCUT2D eigenvalue weighted by Crippen LogP contribution is -2.51. The molecule has 48 heavy (non-hydrogen) atoms. The van der Waals surface area contributed by atoms with Crippen molar-refractivity contribution in [3.63, 3.8) is 0 Å². The first-order valence-electron chi connectivity index (χ1n) is 16.1. The van der Waals surface area contributed by atoms with Crippen molar-refractivity contribution in [2.45, 2.75) is 18.1 Å². The van der Waals surface area contributed by atoms with E-state index in [1.807, 2.05) is 60.8 Å². The van der Waals surface area contributed by atoms with E-state index < -0.39 is 4.75 Å². The van der Waals surface area contributed by atoms with Crippen LogP contribution >= 0.6 is 11.8 Å². The Bertz CT molecular complexity index is 1930. The number of anilines is 2. The lowest BCUT2D eigenvalue weighted by atomic mass is 10.1. The van der Waals surface area contributed by atoms with Crippen LogP contribution in [0.15, 0.2) is 79.1 Å². The first-order chi connectivity index (χ1) is 23.3. The summed E-state index contributed by atoms with van der Waals surface area (Å²) in [5, 5.41) is 11.4. The number of thioether (sulfide) groups is 1. The molecule has 0 spiro atoms. The average molecular weight is 665 g/mol. The van der Waals surface area contributed by atoms with Crippen LogP contribution in [0.1, 0.15) is 12.0 Å². The number of rotatable bonds is 8. The second-order valence-corrected chi connectivity index (χ2v) is 13.6. The van der Waals surface area contributed by atoms with Gasteiger partial charge in [-0.3, -0.25) is 19.6 Å². The molecule has 7 rings (SSSR count). The number of piperazine rings is 1. The second-order valence-electron chi connectivity index (χ2n) is 12.5. The number of amides is 2. The number of halogens is 1. The molecule has 3 aromatic carbocycles. The molecule has 2 fully saturated rings. The Balaban J connectivity index is 0.934. The van der Waals surface area contributed by atoms with Gasteiger partial charge in [-0.1, -0.05) is 0 Å². The van der Waals surface area contributed by atoms with Crippen molar-refractivity contribution in [1.82, 2.24) is 30.0 Å². The molecule has 0 bridgehead atoms. The summed E-state index contributed by atoms with van der Waals surface area (Å²) in [7, 11) is 0. The topological polar surface area (TPSA) is 110 Å². The third-order valence-electron chi connectivity index (χ3n) is 9.32. The van der Waals surface area contributed by atoms with Gasteiger partial charge in [-0.25, -0.2) is 14.4 Å². The molecule has 5 aromatic rings. The average Bonchev–Trinajstić information content (AvgIpc) is 3.74. The van der Waals surface area contributed by atoms with Gasteiger partial charge in [0.1, 0.15) is 10.6 Å². The van der Waals surface area contributed by atoms with E-state index in [0.29, 0.717) is 56.4 Å². The molecule has 12 heteroatoms. The van der Waals surface area contributed by atoms with E-state index >= 15 is 0 Å². The number of hydrogen-bond donors (Lipinski definition) is 2. The van der Waals surface area contributed by atoms with Gasteiger partial charge >= 0.3 is 0 Å². The Hall–Kier alpha value is -4.81. The van der Waals surface area contributed by atoms with Gasteiger partial charge in [-0.2, -0.15) is 5.10 Å². The predicted molar refractivity (Wildman–Crippen MR) is 188 cm³/mol. The van der Waals surface area contributed by atoms with Gasteiger partial charge in [0.15, 0.2) is 5.82 Å². The summed E-state index contributed by atoms with van der Waals surface area (Å²) in [4.78, 5) is 42.3. The molecule has 246 valence electrons. The summed E-state index contributed by atoms with van der Waals surface area (Å²) in [6.07, 6.45) is 6.25. The van der Waals surface area contributed by atoms with E-state index in [-0.39, 0.29) is 17.6 Å². The van der Waals surface area contributed by atoms with E-state index in [1.54, 1.807) is 12.1 Å². The first-order valence-corrected chi connectivity index (χ1v) is 17.3. The Morgan fingerprint density at radius 2 is 1.65 bits per heavy atom. The number of carbonyl (C=O) groups is 2. The highest BCUT2D eigenvalue weighted by atomic mass is 32.2. The highest BCUT2D eigenvalue weighted by molar-refractivity contribution is 8.00. The molecule has 4 heterocycles. The maximum atomic E-state index is 13.7. The van der Waals surface area contributed by atoms with E-state index in [9.17, 15) is 14.0 Å². The number of fused-ring (bicyclic) bond motifs is 1. The van der Waals surface area contributed by atoms with Crippen LogP contribution in [0.2, 0.25) is 0 Å². The summed E-state index contributed by atoms with van der Waals surface area (Å²) in [5.74, 6) is 0.416. The van der Waals surface area contributed by atoms with Crippen LogP contribution in [-0.2, 0) is 9.59 Å². The maximum absolute atomic E-state index is 13.7. The molecule has 0 saturated carbocycles. The van der Waals surface area contributed by atoms with Crippen LogP contribution in [0.5, 0.6) is 0 Å². The molecule has 2 aliphatic rings. The number of aromatic nitrogens is 4. The lowest BCUT2D eigenvalue weighted by Gasteiger charge is -2.37. The van der Waals surface area contributed by atoms with Crippen molar-refractivity contribution in [2.75, 3.05) is 62.3 Å². The van der Waals surface area contributed by atoms with E-state index in [0.717, 1.165) is 46.4 Å². The molecule has 0 unspecified atom stereocenters. The van der Waals surface area contributed by atoms with Crippen molar-refractivity contribution in [2.24, 2.45) is 0 Å². The van der Waals surface area contributed by atoms with Crippen molar-refractivity contribution in [3.8, 4) is 22.6 Å². The highest BCUT2D eigenvalue weighted by Gasteiger charge is 2.44. The molecule has 2 aromatic heterocycles. The minimum Gasteiger partial charge on any atom is -0.368 e. The molecular weight excluding hydrogens is 628 g/mol. The third kappa shape index (κ3) is 6.50. The molecule has 2 N–H and O–H groups in total. The minimum absolute atomic E-state index is 0.0790. The fourth-order valence-corrected chi connectivity index (χ4v) is 7.31. The van der Waals surface area contributed by atoms with E-state index in [4.69, 9.17) is 0 Å². The summed E-state index contributed by atoms with van der Waals surface area (Å²) < 4.78 is 12.8. The first kappa shape index (κ1) is 31.8. The minimum atomic E-state index is -0.667. The predicted octanol–water partition coefficient (Wildman–Crippen LogP) is 5.23. The number of nitrogens with one attached hydrogen (secondary N) is 2. The molecule has 10 nitrogen and oxygen atoms in total. The van der Waals surface area contributed by atoms with Crippen molar-refractivity contribution in [3.05, 3.63) is 90.5 Å². The number of benzene rings is 3. The van der Waals surface area contributed by atoms with Crippen LogP contribution in [0.25, 0.3) is 33.5 Å². The van der Waals surface area contributed by atoms with Gasteiger partial charge in [-0.15, -0.1) is 11.8 Å². The smallest absolute Gasteiger partial charge is 0.241 e. The summed E-state index contributed by atoms with van der Waals surface area (Å²) in [6.45, 7) is 6.26. The van der Waals surface area contributed by atoms with Crippen LogP contribution in [0, 0.1) is 12.7 Å². The number of aryl methyl sites for hydroxylation is 1. The summed E-state index contributed by atoms with van der Waals surface area (Å²) >= 11 is 1.53. The molecule has 2 amide bonds. The fourth-order valence-electron chi connectivity index (χ4n) is 6.47. The number of H-pyrrole nitrogens is 1. The Morgan fingerprint density at radius 1 is 0.938 bits per heavy atom. The Kier molecular flexibility index (Phi) is 8.84. The number of hydrogen-bond acceptors (Lipinski definition) is 8.